The van der Waals surface area contributed by atoms with Gasteiger partial charge < -0.3 is 0 Å². The van der Waals surface area contributed by atoms with Crippen LogP contribution in [-0.2, 0) is 20.2 Å². The molecule has 0 amide bonds. The van der Waals surface area contributed by atoms with Crippen LogP contribution in [0.2, 0.25) is 0 Å². The third-order valence-electron chi connectivity index (χ3n) is 2.09. The number of anilines is 1. The molecule has 0 bridgehead atoms. The molecule has 1 aromatic carbocycles. The van der Waals surface area contributed by atoms with Crippen LogP contribution < -0.4 is 4.72 Å². The second kappa shape index (κ2) is 4.61. The van der Waals surface area contributed by atoms with Crippen LogP contribution >= 0.6 is 0 Å². The highest BCUT2D eigenvalue weighted by molar-refractivity contribution is 7.92. The number of hydrogen-bond acceptors (Lipinski definition) is 4. The molecule has 5 nitrogen and oxygen atoms in total. The lowest BCUT2D eigenvalue weighted by Crippen LogP contribution is -2.14. The van der Waals surface area contributed by atoms with Crippen LogP contribution in [0.1, 0.15) is 12.5 Å². The average molecular weight is 281 g/mol. The molecule has 1 N–H and O–H groups in total. The molecule has 1 rings (SSSR count). The maximum absolute atomic E-state index is 12.8. The average Bonchev–Trinajstić information content (AvgIpc) is 2.15. The minimum absolute atomic E-state index is 0.102. The Kier molecular flexibility index (Phi) is 3.78. The van der Waals surface area contributed by atoms with Gasteiger partial charge >= 0.3 is 10.2 Å². The van der Waals surface area contributed by atoms with Gasteiger partial charge in [0.25, 0.3) is 0 Å². The smallest absolute Gasteiger partial charge is 0.284 e. The zero-order valence-electron chi connectivity index (χ0n) is 9.27. The summed E-state index contributed by atoms with van der Waals surface area (Å²) in [7, 11) is -8.21. The van der Waals surface area contributed by atoms with E-state index in [-0.39, 0.29) is 17.0 Å². The lowest BCUT2D eigenvalue weighted by Gasteiger charge is -2.08. The Bertz CT molecular complexity index is 622. The number of sulfonamides is 1. The van der Waals surface area contributed by atoms with Crippen molar-refractivity contribution in [1.29, 1.82) is 0 Å². The normalized spacial score (nSPS) is 12.4. The van der Waals surface area contributed by atoms with E-state index in [9.17, 15) is 20.7 Å². The van der Waals surface area contributed by atoms with E-state index in [0.29, 0.717) is 0 Å². The number of nitrogens with one attached hydrogen (secondary N) is 1. The van der Waals surface area contributed by atoms with E-state index < -0.39 is 25.1 Å². The van der Waals surface area contributed by atoms with Crippen LogP contribution in [0.5, 0.6) is 0 Å². The third-order valence-corrected chi connectivity index (χ3v) is 4.38. The van der Waals surface area contributed by atoms with E-state index in [1.54, 1.807) is 0 Å². The Balaban J connectivity index is 3.15. The largest absolute Gasteiger partial charge is 0.332 e. The summed E-state index contributed by atoms with van der Waals surface area (Å²) in [6.45, 7) is 2.85. The minimum Gasteiger partial charge on any atom is -0.284 e. The molecule has 0 aliphatic carbocycles. The first-order chi connectivity index (χ1) is 7.65. The number of aryl methyl sites for hydroxylation is 1. The van der Waals surface area contributed by atoms with E-state index >= 15 is 0 Å². The fourth-order valence-corrected chi connectivity index (χ4v) is 2.54. The van der Waals surface area contributed by atoms with Crippen molar-refractivity contribution in [3.63, 3.8) is 0 Å². The first kappa shape index (κ1) is 13.9. The van der Waals surface area contributed by atoms with Gasteiger partial charge in [-0.25, -0.2) is 8.42 Å². The van der Waals surface area contributed by atoms with Gasteiger partial charge in [0.15, 0.2) is 0 Å². The van der Waals surface area contributed by atoms with E-state index in [0.717, 1.165) is 6.07 Å². The molecular formula is C9H12FNO4S2. The molecule has 17 heavy (non-hydrogen) atoms. The molecule has 0 saturated heterocycles. The van der Waals surface area contributed by atoms with Crippen LogP contribution in [0.3, 0.4) is 0 Å². The van der Waals surface area contributed by atoms with Crippen LogP contribution in [0.25, 0.3) is 0 Å². The Hall–Kier alpha value is -1.15. The molecule has 8 heteroatoms. The van der Waals surface area contributed by atoms with Gasteiger partial charge in [-0.3, -0.25) is 4.72 Å². The zero-order chi connectivity index (χ0) is 13.3. The van der Waals surface area contributed by atoms with Crippen molar-refractivity contribution >= 4 is 25.9 Å². The van der Waals surface area contributed by atoms with Gasteiger partial charge in [-0.1, -0.05) is 0 Å². The Morgan fingerprint density at radius 3 is 2.24 bits per heavy atom. The topological polar surface area (TPSA) is 80.3 Å². The van der Waals surface area contributed by atoms with Gasteiger partial charge in [-0.2, -0.15) is 8.42 Å². The molecule has 1 aromatic rings. The summed E-state index contributed by atoms with van der Waals surface area (Å²) >= 11 is 0. The van der Waals surface area contributed by atoms with Crippen molar-refractivity contribution in [3.05, 3.63) is 23.8 Å². The molecule has 96 valence electrons. The summed E-state index contributed by atoms with van der Waals surface area (Å²) < 4.78 is 58.9. The summed E-state index contributed by atoms with van der Waals surface area (Å²) in [5.41, 5.74) is 0.348. The summed E-state index contributed by atoms with van der Waals surface area (Å²) in [5.74, 6) is -0.102. The number of halogens is 1. The van der Waals surface area contributed by atoms with Crippen LogP contribution in [0, 0.1) is 6.92 Å². The molecule has 0 unspecified atom stereocenters. The van der Waals surface area contributed by atoms with Crippen LogP contribution in [0.4, 0.5) is 9.57 Å². The fourth-order valence-electron chi connectivity index (χ4n) is 1.24. The van der Waals surface area contributed by atoms with Gasteiger partial charge in [-0.05, 0) is 37.6 Å². The quantitative estimate of drug-likeness (QED) is 0.846. The molecule has 0 fully saturated rings. The van der Waals surface area contributed by atoms with Crippen LogP contribution in [-0.4, -0.2) is 22.6 Å². The summed E-state index contributed by atoms with van der Waals surface area (Å²) in [6, 6.07) is 3.49. The molecule has 0 radical (unpaired) electrons. The maximum atomic E-state index is 12.8. The predicted molar refractivity (Wildman–Crippen MR) is 62.6 cm³/mol. The summed E-state index contributed by atoms with van der Waals surface area (Å²) in [4.78, 5) is -0.461. The molecule has 0 saturated carbocycles. The highest BCUT2D eigenvalue weighted by atomic mass is 32.3. The van der Waals surface area contributed by atoms with Crippen molar-refractivity contribution in [2.75, 3.05) is 10.5 Å². The number of hydrogen-bond donors (Lipinski definition) is 1. The maximum Gasteiger partial charge on any atom is 0.332 e. The molecule has 0 heterocycles. The van der Waals surface area contributed by atoms with Gasteiger partial charge in [0.05, 0.1) is 5.75 Å². The van der Waals surface area contributed by atoms with Gasteiger partial charge in [-0.15, -0.1) is 3.89 Å². The Morgan fingerprint density at radius 1 is 1.24 bits per heavy atom. The lowest BCUT2D eigenvalue weighted by atomic mass is 10.2. The second-order valence-corrected chi connectivity index (χ2v) is 6.75. The highest BCUT2D eigenvalue weighted by Gasteiger charge is 2.16. The van der Waals surface area contributed by atoms with Gasteiger partial charge in [0, 0.05) is 5.69 Å². The fraction of sp³-hybridized carbons (Fsp3) is 0.333. The number of rotatable bonds is 4. The van der Waals surface area contributed by atoms with Crippen molar-refractivity contribution in [2.45, 2.75) is 18.7 Å². The van der Waals surface area contributed by atoms with Gasteiger partial charge in [0.2, 0.25) is 10.0 Å². The Labute approximate surface area is 99.9 Å². The second-order valence-electron chi connectivity index (χ2n) is 3.42. The third kappa shape index (κ3) is 3.67. The molecular weight excluding hydrogens is 269 g/mol. The SMILES string of the molecule is CCS(=O)(=O)Nc1ccc(S(=O)(=O)F)c(C)c1. The summed E-state index contributed by atoms with van der Waals surface area (Å²) in [5, 5.41) is 0. The van der Waals surface area contributed by atoms with E-state index in [1.165, 1.54) is 26.0 Å². The van der Waals surface area contributed by atoms with E-state index in [1.807, 2.05) is 0 Å². The highest BCUT2D eigenvalue weighted by Crippen LogP contribution is 2.21. The van der Waals surface area contributed by atoms with Crippen molar-refractivity contribution < 1.29 is 20.7 Å². The van der Waals surface area contributed by atoms with Crippen LogP contribution in [0.15, 0.2) is 23.1 Å². The predicted octanol–water partition coefficient (Wildman–Crippen LogP) is 1.41. The molecule has 0 aromatic heterocycles. The molecule has 0 aliphatic rings. The zero-order valence-corrected chi connectivity index (χ0v) is 10.9. The molecule has 0 aliphatic heterocycles. The van der Waals surface area contributed by atoms with Crippen molar-refractivity contribution in [1.82, 2.24) is 0 Å². The number of benzene rings is 1. The summed E-state index contributed by atoms with van der Waals surface area (Å²) in [6.07, 6.45) is 0. The standard InChI is InChI=1S/C9H12FNO4S2/c1-3-16(12,13)11-8-4-5-9(7(2)6-8)17(10,14)15/h4-6,11H,3H2,1-2H3. The monoisotopic (exact) mass is 281 g/mol. The molecule has 0 spiro atoms. The lowest BCUT2D eigenvalue weighted by molar-refractivity contribution is 0.551. The van der Waals surface area contributed by atoms with Crippen molar-refractivity contribution in [2.24, 2.45) is 0 Å². The molecule has 0 atom stereocenters. The Morgan fingerprint density at radius 2 is 1.82 bits per heavy atom. The first-order valence-electron chi connectivity index (χ1n) is 4.71. The van der Waals surface area contributed by atoms with E-state index in [4.69, 9.17) is 0 Å². The van der Waals surface area contributed by atoms with Gasteiger partial charge in [0.1, 0.15) is 4.90 Å². The van der Waals surface area contributed by atoms with E-state index in [2.05, 4.69) is 4.72 Å². The first-order valence-corrected chi connectivity index (χ1v) is 7.75. The van der Waals surface area contributed by atoms with Crippen molar-refractivity contribution in [3.8, 4) is 0 Å². The minimum atomic E-state index is -4.78.